The Balaban J connectivity index is 2.55. The summed E-state index contributed by atoms with van der Waals surface area (Å²) in [7, 11) is 1.75. The number of carbonyl (C=O) groups is 1. The SMILES string of the molecule is CCNC(=NCC(C)(O)c1ccsc1)NCCC(C)N(C)C(=O)OC(C)(C)C. The third-order valence-electron chi connectivity index (χ3n) is 4.23. The van der Waals surface area contributed by atoms with Gasteiger partial charge in [0.05, 0.1) is 6.54 Å². The summed E-state index contributed by atoms with van der Waals surface area (Å²) < 4.78 is 5.40. The number of carbonyl (C=O) groups excluding carboxylic acids is 1. The van der Waals surface area contributed by atoms with Crippen LogP contribution < -0.4 is 10.6 Å². The molecule has 0 aliphatic rings. The Hall–Kier alpha value is -1.80. The third kappa shape index (κ3) is 8.48. The molecule has 0 saturated heterocycles. The summed E-state index contributed by atoms with van der Waals surface area (Å²) in [4.78, 5) is 18.3. The molecule has 2 unspecified atom stereocenters. The van der Waals surface area contributed by atoms with E-state index in [1.54, 1.807) is 30.2 Å². The average Bonchev–Trinajstić information content (AvgIpc) is 3.13. The maximum absolute atomic E-state index is 12.1. The van der Waals surface area contributed by atoms with Gasteiger partial charge in [-0.25, -0.2) is 9.79 Å². The Morgan fingerprint density at radius 1 is 1.36 bits per heavy atom. The lowest BCUT2D eigenvalue weighted by molar-refractivity contribution is 0.0230. The van der Waals surface area contributed by atoms with Crippen molar-refractivity contribution >= 4 is 23.4 Å². The molecule has 0 aromatic carbocycles. The monoisotopic (exact) mass is 412 g/mol. The van der Waals surface area contributed by atoms with Crippen molar-refractivity contribution in [3.63, 3.8) is 0 Å². The number of hydrogen-bond donors (Lipinski definition) is 3. The fourth-order valence-corrected chi connectivity index (χ4v) is 3.13. The second-order valence-corrected chi connectivity index (χ2v) is 8.92. The quantitative estimate of drug-likeness (QED) is 0.451. The van der Waals surface area contributed by atoms with Gasteiger partial charge >= 0.3 is 6.09 Å². The zero-order chi connectivity index (χ0) is 21.4. The van der Waals surface area contributed by atoms with E-state index >= 15 is 0 Å². The summed E-state index contributed by atoms with van der Waals surface area (Å²) in [5.41, 5.74) is -0.648. The molecule has 1 rings (SSSR count). The molecule has 28 heavy (non-hydrogen) atoms. The molecular weight excluding hydrogens is 376 g/mol. The van der Waals surface area contributed by atoms with Crippen molar-refractivity contribution in [2.24, 2.45) is 4.99 Å². The molecule has 0 spiro atoms. The number of nitrogens with zero attached hydrogens (tertiary/aromatic N) is 2. The zero-order valence-corrected chi connectivity index (χ0v) is 19.0. The molecular formula is C20H36N4O3S. The van der Waals surface area contributed by atoms with Gasteiger partial charge in [-0.1, -0.05) is 0 Å². The van der Waals surface area contributed by atoms with Gasteiger partial charge in [0.25, 0.3) is 0 Å². The van der Waals surface area contributed by atoms with Crippen LogP contribution in [-0.2, 0) is 10.3 Å². The van der Waals surface area contributed by atoms with Gasteiger partial charge in [-0.2, -0.15) is 11.3 Å². The fraction of sp³-hybridized carbons (Fsp3) is 0.700. The highest BCUT2D eigenvalue weighted by molar-refractivity contribution is 7.08. The number of nitrogens with one attached hydrogen (secondary N) is 2. The third-order valence-corrected chi connectivity index (χ3v) is 4.91. The van der Waals surface area contributed by atoms with Crippen LogP contribution in [0.25, 0.3) is 0 Å². The molecule has 3 N–H and O–H groups in total. The van der Waals surface area contributed by atoms with Gasteiger partial charge in [0.15, 0.2) is 5.96 Å². The number of aliphatic hydroxyl groups is 1. The summed E-state index contributed by atoms with van der Waals surface area (Å²) in [5.74, 6) is 0.644. The van der Waals surface area contributed by atoms with E-state index in [2.05, 4.69) is 15.6 Å². The van der Waals surface area contributed by atoms with Crippen LogP contribution in [0, 0.1) is 0 Å². The average molecular weight is 413 g/mol. The summed E-state index contributed by atoms with van der Waals surface area (Å²) in [6.07, 6.45) is 0.411. The summed E-state index contributed by atoms with van der Waals surface area (Å²) >= 11 is 1.55. The van der Waals surface area contributed by atoms with Gasteiger partial charge < -0.3 is 25.4 Å². The molecule has 8 heteroatoms. The van der Waals surface area contributed by atoms with Crippen LogP contribution in [-0.4, -0.2) is 60.4 Å². The van der Waals surface area contributed by atoms with E-state index in [1.165, 1.54) is 0 Å². The second kappa shape index (κ2) is 10.7. The maximum Gasteiger partial charge on any atom is 0.410 e. The first-order valence-electron chi connectivity index (χ1n) is 9.69. The largest absolute Gasteiger partial charge is 0.444 e. The predicted molar refractivity (Wildman–Crippen MR) is 116 cm³/mol. The molecule has 160 valence electrons. The molecule has 0 radical (unpaired) electrons. The van der Waals surface area contributed by atoms with Gasteiger partial charge in [-0.3, -0.25) is 0 Å². The highest BCUT2D eigenvalue weighted by Gasteiger charge is 2.24. The maximum atomic E-state index is 12.1. The normalized spacial score (nSPS) is 15.5. The fourth-order valence-electron chi connectivity index (χ4n) is 2.34. The number of thiophene rings is 1. The van der Waals surface area contributed by atoms with E-state index in [0.717, 1.165) is 18.5 Å². The molecule has 1 amide bonds. The number of rotatable bonds is 8. The van der Waals surface area contributed by atoms with E-state index in [9.17, 15) is 9.90 Å². The van der Waals surface area contributed by atoms with Crippen molar-refractivity contribution in [2.45, 2.75) is 65.2 Å². The van der Waals surface area contributed by atoms with E-state index in [1.807, 2.05) is 51.4 Å². The minimum atomic E-state index is -1.01. The number of hydrogen-bond acceptors (Lipinski definition) is 5. The number of ether oxygens (including phenoxy) is 1. The summed E-state index contributed by atoms with van der Waals surface area (Å²) in [5, 5.41) is 20.9. The summed E-state index contributed by atoms with van der Waals surface area (Å²) in [6.45, 7) is 12.9. The molecule has 0 bridgehead atoms. The number of amides is 1. The molecule has 0 fully saturated rings. The van der Waals surface area contributed by atoms with Crippen LogP contribution in [0.3, 0.4) is 0 Å². The van der Waals surface area contributed by atoms with Crippen molar-refractivity contribution in [1.29, 1.82) is 0 Å². The first-order valence-corrected chi connectivity index (χ1v) is 10.6. The standard InChI is InChI=1S/C20H36N4O3S/c1-8-21-17(23-14-20(6,26)16-10-12-28-13-16)22-11-9-15(2)24(7)18(25)27-19(3,4)5/h10,12-13,15,26H,8-9,11,14H2,1-7H3,(H2,21,22,23). The van der Waals surface area contributed by atoms with E-state index in [4.69, 9.17) is 4.74 Å². The minimum absolute atomic E-state index is 0.0131. The smallest absolute Gasteiger partial charge is 0.410 e. The first-order chi connectivity index (χ1) is 13.0. The Bertz CT molecular complexity index is 624. The zero-order valence-electron chi connectivity index (χ0n) is 18.2. The number of guanidine groups is 1. The Kier molecular flexibility index (Phi) is 9.23. The van der Waals surface area contributed by atoms with Crippen LogP contribution in [0.2, 0.25) is 0 Å². The van der Waals surface area contributed by atoms with Gasteiger partial charge in [-0.05, 0) is 70.4 Å². The Morgan fingerprint density at radius 2 is 2.04 bits per heavy atom. The van der Waals surface area contributed by atoms with Gasteiger partial charge in [-0.15, -0.1) is 0 Å². The van der Waals surface area contributed by atoms with Crippen LogP contribution in [0.5, 0.6) is 0 Å². The lowest BCUT2D eigenvalue weighted by Crippen LogP contribution is -2.43. The van der Waals surface area contributed by atoms with Crippen molar-refractivity contribution in [3.8, 4) is 0 Å². The van der Waals surface area contributed by atoms with Gasteiger partial charge in [0.1, 0.15) is 11.2 Å². The van der Waals surface area contributed by atoms with Gasteiger partial charge in [0.2, 0.25) is 0 Å². The van der Waals surface area contributed by atoms with Crippen LogP contribution in [0.15, 0.2) is 21.8 Å². The van der Waals surface area contributed by atoms with Gasteiger partial charge in [0, 0.05) is 26.2 Å². The molecule has 1 heterocycles. The number of aliphatic imine (C=N–C) groups is 1. The van der Waals surface area contributed by atoms with Crippen molar-refractivity contribution in [3.05, 3.63) is 22.4 Å². The molecule has 1 aromatic heterocycles. The molecule has 1 aromatic rings. The Labute approximate surface area is 173 Å². The topological polar surface area (TPSA) is 86.2 Å². The summed E-state index contributed by atoms with van der Waals surface area (Å²) in [6, 6.07) is 1.92. The molecule has 0 saturated carbocycles. The predicted octanol–water partition coefficient (Wildman–Crippen LogP) is 3.16. The van der Waals surface area contributed by atoms with E-state index < -0.39 is 11.2 Å². The van der Waals surface area contributed by atoms with Crippen molar-refractivity contribution < 1.29 is 14.6 Å². The van der Waals surface area contributed by atoms with Crippen LogP contribution in [0.4, 0.5) is 4.79 Å². The highest BCUT2D eigenvalue weighted by Crippen LogP contribution is 2.23. The van der Waals surface area contributed by atoms with Crippen molar-refractivity contribution in [1.82, 2.24) is 15.5 Å². The van der Waals surface area contributed by atoms with E-state index in [0.29, 0.717) is 12.5 Å². The lowest BCUT2D eigenvalue weighted by atomic mass is 10.00. The van der Waals surface area contributed by atoms with Crippen LogP contribution in [0.1, 0.15) is 53.5 Å². The van der Waals surface area contributed by atoms with Crippen LogP contribution >= 0.6 is 11.3 Å². The molecule has 0 aliphatic heterocycles. The molecule has 7 nitrogen and oxygen atoms in total. The first kappa shape index (κ1) is 24.2. The highest BCUT2D eigenvalue weighted by atomic mass is 32.1. The minimum Gasteiger partial charge on any atom is -0.444 e. The molecule has 2 atom stereocenters. The second-order valence-electron chi connectivity index (χ2n) is 8.14. The molecule has 0 aliphatic carbocycles. The Morgan fingerprint density at radius 3 is 2.57 bits per heavy atom. The van der Waals surface area contributed by atoms with Crippen molar-refractivity contribution in [2.75, 3.05) is 26.7 Å². The lowest BCUT2D eigenvalue weighted by Gasteiger charge is -2.29. The van der Waals surface area contributed by atoms with E-state index in [-0.39, 0.29) is 18.7 Å².